The maximum absolute atomic E-state index is 13.7. The van der Waals surface area contributed by atoms with E-state index in [1.165, 1.54) is 29.1 Å². The topological polar surface area (TPSA) is 91.2 Å². The molecule has 11 heteroatoms. The molecule has 2 aromatic heterocycles. The number of alkyl halides is 2. The summed E-state index contributed by atoms with van der Waals surface area (Å²) in [5, 5.41) is 2.76. The molecule has 4 rings (SSSR count). The monoisotopic (exact) mass is 435 g/mol. The lowest BCUT2D eigenvalue weighted by atomic mass is 10.1. The lowest BCUT2D eigenvalue weighted by Crippen LogP contribution is -2.44. The van der Waals surface area contributed by atoms with Crippen molar-refractivity contribution in [3.05, 3.63) is 53.6 Å². The van der Waals surface area contributed by atoms with E-state index in [2.05, 4.69) is 20.3 Å². The average molecular weight is 435 g/mol. The van der Waals surface area contributed by atoms with Crippen molar-refractivity contribution in [1.82, 2.24) is 24.8 Å². The Morgan fingerprint density at radius 1 is 1.29 bits per heavy atom. The molecular weight excluding hydrogens is 415 g/mol. The van der Waals surface area contributed by atoms with Gasteiger partial charge in [0.1, 0.15) is 29.5 Å². The summed E-state index contributed by atoms with van der Waals surface area (Å²) >= 11 is 0. The lowest BCUT2D eigenvalue weighted by molar-refractivity contribution is -0.102. The number of halogens is 3. The SMILES string of the molecule is Cc1cnc(C(=O)NC(c2nc3cc(F)ccc3n2CC(F)F)[C@H]2COCCO2)cn1. The quantitative estimate of drug-likeness (QED) is 0.640. The molecule has 0 aliphatic carbocycles. The van der Waals surface area contributed by atoms with E-state index in [0.717, 1.165) is 6.07 Å². The van der Waals surface area contributed by atoms with Crippen LogP contribution in [-0.2, 0) is 16.0 Å². The summed E-state index contributed by atoms with van der Waals surface area (Å²) in [5.41, 5.74) is 1.21. The molecule has 0 bridgehead atoms. The third-order valence-corrected chi connectivity index (χ3v) is 4.85. The first-order valence-electron chi connectivity index (χ1n) is 9.65. The van der Waals surface area contributed by atoms with Crippen LogP contribution in [0.2, 0.25) is 0 Å². The second-order valence-corrected chi connectivity index (χ2v) is 7.08. The molecule has 1 saturated heterocycles. The zero-order valence-corrected chi connectivity index (χ0v) is 16.6. The summed E-state index contributed by atoms with van der Waals surface area (Å²) in [6, 6.07) is 2.77. The summed E-state index contributed by atoms with van der Waals surface area (Å²) in [7, 11) is 0. The molecule has 8 nitrogen and oxygen atoms in total. The van der Waals surface area contributed by atoms with Crippen LogP contribution >= 0.6 is 0 Å². The van der Waals surface area contributed by atoms with Crippen molar-refractivity contribution < 1.29 is 27.4 Å². The number of ether oxygens (including phenoxy) is 2. The van der Waals surface area contributed by atoms with Gasteiger partial charge >= 0.3 is 0 Å². The Labute approximate surface area is 175 Å². The van der Waals surface area contributed by atoms with Crippen molar-refractivity contribution in [3.8, 4) is 0 Å². The summed E-state index contributed by atoms with van der Waals surface area (Å²) in [4.78, 5) is 25.3. The highest BCUT2D eigenvalue weighted by Crippen LogP contribution is 2.27. The van der Waals surface area contributed by atoms with E-state index < -0.39 is 36.8 Å². The van der Waals surface area contributed by atoms with E-state index in [-0.39, 0.29) is 30.2 Å². The van der Waals surface area contributed by atoms with Gasteiger partial charge in [-0.3, -0.25) is 9.78 Å². The minimum Gasteiger partial charge on any atom is -0.376 e. The first kappa shape index (κ1) is 21.2. The number of benzene rings is 1. The molecule has 1 aliphatic heterocycles. The van der Waals surface area contributed by atoms with Gasteiger partial charge in [-0.25, -0.2) is 23.1 Å². The number of hydrogen-bond acceptors (Lipinski definition) is 6. The number of aryl methyl sites for hydroxylation is 1. The fourth-order valence-electron chi connectivity index (χ4n) is 3.44. The number of hydrogen-bond donors (Lipinski definition) is 1. The lowest BCUT2D eigenvalue weighted by Gasteiger charge is -2.31. The third-order valence-electron chi connectivity index (χ3n) is 4.85. The molecule has 0 spiro atoms. The van der Waals surface area contributed by atoms with Crippen molar-refractivity contribution in [1.29, 1.82) is 0 Å². The summed E-state index contributed by atoms with van der Waals surface area (Å²) in [6.45, 7) is 1.82. The van der Waals surface area contributed by atoms with Gasteiger partial charge in [0, 0.05) is 12.3 Å². The van der Waals surface area contributed by atoms with Gasteiger partial charge in [-0.15, -0.1) is 0 Å². The van der Waals surface area contributed by atoms with Crippen LogP contribution in [0.5, 0.6) is 0 Å². The minimum atomic E-state index is -2.69. The van der Waals surface area contributed by atoms with E-state index in [1.807, 2.05) is 0 Å². The standard InChI is InChI=1S/C20H20F3N5O3/c1-11-7-25-14(8-24-11)20(29)27-18(16-10-30-4-5-31-16)19-26-13-6-12(21)2-3-15(13)28(19)9-17(22)23/h2-3,6-8,16-18H,4-5,9-10H2,1H3,(H,27,29)/t16-,18?/m1/s1. The molecule has 164 valence electrons. The van der Waals surface area contributed by atoms with Crippen LogP contribution in [0.4, 0.5) is 13.2 Å². The van der Waals surface area contributed by atoms with E-state index in [4.69, 9.17) is 9.47 Å². The molecule has 1 N–H and O–H groups in total. The zero-order chi connectivity index (χ0) is 22.0. The van der Waals surface area contributed by atoms with Crippen molar-refractivity contribution in [2.24, 2.45) is 0 Å². The Balaban J connectivity index is 1.76. The number of amides is 1. The van der Waals surface area contributed by atoms with Gasteiger partial charge in [0.25, 0.3) is 12.3 Å². The molecule has 1 aliphatic rings. The number of nitrogens with one attached hydrogen (secondary N) is 1. The van der Waals surface area contributed by atoms with Gasteiger partial charge in [0.15, 0.2) is 0 Å². The highest BCUT2D eigenvalue weighted by atomic mass is 19.3. The first-order chi connectivity index (χ1) is 14.9. The van der Waals surface area contributed by atoms with Gasteiger partial charge in [-0.2, -0.15) is 0 Å². The molecular formula is C20H20F3N5O3. The average Bonchev–Trinajstić information content (AvgIpc) is 3.09. The molecule has 0 saturated carbocycles. The van der Waals surface area contributed by atoms with Crippen molar-refractivity contribution in [3.63, 3.8) is 0 Å². The number of nitrogens with zero attached hydrogens (tertiary/aromatic N) is 4. The van der Waals surface area contributed by atoms with E-state index >= 15 is 0 Å². The zero-order valence-electron chi connectivity index (χ0n) is 16.6. The Hall–Kier alpha value is -3.05. The van der Waals surface area contributed by atoms with E-state index in [1.54, 1.807) is 6.92 Å². The maximum atomic E-state index is 13.7. The molecule has 1 aromatic carbocycles. The molecule has 3 aromatic rings. The highest BCUT2D eigenvalue weighted by molar-refractivity contribution is 5.92. The Bertz CT molecular complexity index is 1070. The van der Waals surface area contributed by atoms with Crippen LogP contribution in [-0.4, -0.2) is 57.8 Å². The van der Waals surface area contributed by atoms with Gasteiger partial charge in [-0.05, 0) is 19.1 Å². The number of fused-ring (bicyclic) bond motifs is 1. The van der Waals surface area contributed by atoms with Crippen molar-refractivity contribution in [2.45, 2.75) is 32.0 Å². The van der Waals surface area contributed by atoms with Crippen molar-refractivity contribution in [2.75, 3.05) is 19.8 Å². The van der Waals surface area contributed by atoms with Gasteiger partial charge in [-0.1, -0.05) is 0 Å². The van der Waals surface area contributed by atoms with Gasteiger partial charge < -0.3 is 19.4 Å². The number of carbonyl (C=O) groups excluding carboxylic acids is 1. The second kappa shape index (κ2) is 8.98. The molecule has 1 unspecified atom stereocenters. The Kier molecular flexibility index (Phi) is 6.14. The van der Waals surface area contributed by atoms with Crippen LogP contribution in [0, 0.1) is 12.7 Å². The number of carbonyl (C=O) groups is 1. The van der Waals surface area contributed by atoms with Gasteiger partial charge in [0.05, 0.1) is 49.3 Å². The molecule has 1 amide bonds. The molecule has 3 heterocycles. The highest BCUT2D eigenvalue weighted by Gasteiger charge is 2.33. The van der Waals surface area contributed by atoms with E-state index in [0.29, 0.717) is 17.8 Å². The summed E-state index contributed by atoms with van der Waals surface area (Å²) in [6.07, 6.45) is -0.616. The fourth-order valence-corrected chi connectivity index (χ4v) is 3.44. The van der Waals surface area contributed by atoms with Crippen LogP contribution in [0.25, 0.3) is 11.0 Å². The molecule has 31 heavy (non-hydrogen) atoms. The fraction of sp³-hybridized carbons (Fsp3) is 0.400. The maximum Gasteiger partial charge on any atom is 0.272 e. The van der Waals surface area contributed by atoms with Crippen LogP contribution in [0.3, 0.4) is 0 Å². The predicted molar refractivity (Wildman–Crippen MR) is 103 cm³/mol. The largest absolute Gasteiger partial charge is 0.376 e. The van der Waals surface area contributed by atoms with E-state index in [9.17, 15) is 18.0 Å². The van der Waals surface area contributed by atoms with Crippen LogP contribution in [0.15, 0.2) is 30.6 Å². The summed E-state index contributed by atoms with van der Waals surface area (Å²) in [5.74, 6) is -1.01. The molecule has 0 radical (unpaired) electrons. The van der Waals surface area contributed by atoms with Crippen LogP contribution < -0.4 is 5.32 Å². The predicted octanol–water partition coefficient (Wildman–Crippen LogP) is 2.43. The normalized spacial score (nSPS) is 17.8. The van der Waals surface area contributed by atoms with Crippen LogP contribution in [0.1, 0.15) is 28.0 Å². The second-order valence-electron chi connectivity index (χ2n) is 7.08. The molecule has 2 atom stereocenters. The molecule has 1 fully saturated rings. The minimum absolute atomic E-state index is 0.0508. The van der Waals surface area contributed by atoms with Crippen molar-refractivity contribution >= 4 is 16.9 Å². The number of imidazole rings is 1. The smallest absolute Gasteiger partial charge is 0.272 e. The number of aromatic nitrogens is 4. The summed E-state index contributed by atoms with van der Waals surface area (Å²) < 4.78 is 52.9. The third kappa shape index (κ3) is 4.67. The number of rotatable bonds is 6. The first-order valence-corrected chi connectivity index (χ1v) is 9.65. The Morgan fingerprint density at radius 2 is 2.13 bits per heavy atom. The van der Waals surface area contributed by atoms with Gasteiger partial charge in [0.2, 0.25) is 0 Å². The Morgan fingerprint density at radius 3 is 2.81 bits per heavy atom.